The van der Waals surface area contributed by atoms with Crippen LogP contribution in [0.5, 0.6) is 0 Å². The van der Waals surface area contributed by atoms with E-state index in [-0.39, 0.29) is 23.1 Å². The number of fused-ring (bicyclic) bond motifs is 1. The Morgan fingerprint density at radius 1 is 1.50 bits per heavy atom. The summed E-state index contributed by atoms with van der Waals surface area (Å²) in [5, 5.41) is -0.0906. The van der Waals surface area contributed by atoms with Crippen LogP contribution in [0.2, 0.25) is 0 Å². The Labute approximate surface area is 70.9 Å². The van der Waals surface area contributed by atoms with Gasteiger partial charge in [-0.1, -0.05) is 18.1 Å². The second-order valence-corrected chi connectivity index (χ2v) is 1.88. The topological polar surface area (TPSA) is 15.8 Å². The Balaban J connectivity index is 3.07. The van der Waals surface area contributed by atoms with Crippen LogP contribution in [0.3, 0.4) is 0 Å². The lowest BCUT2D eigenvalue weighted by atomic mass is 10.2. The normalized spacial score (nSPS) is 23.2. The standard InChI is InChI=1S/C9H9N/c1-7-3-2-4-8-5-6-10-9(7)8/h2-6,10H,1H3/i1D3,2D,3D,4D,5D,6D. The molecule has 1 N–H and O–H groups in total. The molecule has 0 aliphatic rings. The molecule has 0 atom stereocenters. The highest BCUT2D eigenvalue weighted by Crippen LogP contribution is 2.14. The number of H-pyrrole nitrogens is 1. The van der Waals surface area contributed by atoms with Gasteiger partial charge in [0, 0.05) is 15.8 Å². The minimum atomic E-state index is -2.64. The predicted molar refractivity (Wildman–Crippen MR) is 43.0 cm³/mol. The molecule has 0 radical (unpaired) electrons. The van der Waals surface area contributed by atoms with Gasteiger partial charge in [0.05, 0.1) is 6.85 Å². The molecule has 1 aromatic heterocycles. The molecule has 10 heavy (non-hydrogen) atoms. The van der Waals surface area contributed by atoms with E-state index in [9.17, 15) is 0 Å². The predicted octanol–water partition coefficient (Wildman–Crippen LogP) is 2.48. The van der Waals surface area contributed by atoms with Gasteiger partial charge in [-0.3, -0.25) is 0 Å². The number of aromatic amines is 1. The van der Waals surface area contributed by atoms with Crippen molar-refractivity contribution in [1.29, 1.82) is 0 Å². The lowest BCUT2D eigenvalue weighted by molar-refractivity contribution is 1.42. The summed E-state index contributed by atoms with van der Waals surface area (Å²) in [6.07, 6.45) is -0.325. The Morgan fingerprint density at radius 2 is 2.50 bits per heavy atom. The third-order valence-electron chi connectivity index (χ3n) is 1.25. The van der Waals surface area contributed by atoms with Crippen LogP contribution < -0.4 is 0 Å². The van der Waals surface area contributed by atoms with Crippen molar-refractivity contribution in [2.75, 3.05) is 0 Å². The number of rotatable bonds is 0. The van der Waals surface area contributed by atoms with Gasteiger partial charge in [0.15, 0.2) is 0 Å². The van der Waals surface area contributed by atoms with E-state index in [1.165, 1.54) is 0 Å². The fourth-order valence-electron chi connectivity index (χ4n) is 0.781. The van der Waals surface area contributed by atoms with Gasteiger partial charge in [-0.05, 0) is 23.8 Å². The number of nitrogens with one attached hydrogen (secondary N) is 1. The molecule has 2 aromatic rings. The Bertz CT molecular complexity index is 639. The molecule has 0 aliphatic heterocycles. The van der Waals surface area contributed by atoms with Crippen molar-refractivity contribution in [2.45, 2.75) is 6.85 Å². The van der Waals surface area contributed by atoms with Crippen molar-refractivity contribution in [3.05, 3.63) is 35.9 Å². The third-order valence-corrected chi connectivity index (χ3v) is 1.25. The number of benzene rings is 1. The average molecular weight is 139 g/mol. The first-order valence-corrected chi connectivity index (χ1v) is 2.75. The highest BCUT2D eigenvalue weighted by atomic mass is 14.7. The van der Waals surface area contributed by atoms with Gasteiger partial charge in [0.2, 0.25) is 0 Å². The minimum absolute atomic E-state index is 0.0870. The average Bonchev–Trinajstić information content (AvgIpc) is 2.50. The summed E-state index contributed by atoms with van der Waals surface area (Å²) in [4.78, 5) is 2.41. The van der Waals surface area contributed by atoms with Gasteiger partial charge < -0.3 is 4.98 Å². The number of hydrogen-bond donors (Lipinski definition) is 1. The van der Waals surface area contributed by atoms with Gasteiger partial charge in [0.25, 0.3) is 0 Å². The number of aryl methyl sites for hydroxylation is 1. The monoisotopic (exact) mass is 139 g/mol. The molecule has 1 heterocycles. The second-order valence-electron chi connectivity index (χ2n) is 1.88. The van der Waals surface area contributed by atoms with E-state index in [0.29, 0.717) is 0 Å². The fourth-order valence-corrected chi connectivity index (χ4v) is 0.781. The second kappa shape index (κ2) is 1.87. The van der Waals surface area contributed by atoms with Gasteiger partial charge in [-0.25, -0.2) is 0 Å². The summed E-state index contributed by atoms with van der Waals surface area (Å²) in [5.74, 6) is 0. The van der Waals surface area contributed by atoms with E-state index >= 15 is 0 Å². The zero-order valence-corrected chi connectivity index (χ0v) is 5.00. The molecule has 0 spiro atoms. The Hall–Kier alpha value is -1.24. The van der Waals surface area contributed by atoms with Crippen LogP contribution in [-0.4, -0.2) is 4.98 Å². The van der Waals surface area contributed by atoms with Crippen LogP contribution in [-0.2, 0) is 0 Å². The summed E-state index contributed by atoms with van der Waals surface area (Å²) < 4.78 is 60.1. The molecule has 0 saturated heterocycles. The molecule has 2 rings (SSSR count). The largest absolute Gasteiger partial charge is 0.361 e. The summed E-state index contributed by atoms with van der Waals surface area (Å²) in [5.41, 5.74) is -0.499. The summed E-state index contributed by atoms with van der Waals surface area (Å²) in [6, 6.07) is -1.83. The Kier molecular flexibility index (Phi) is 0.313. The molecule has 1 nitrogen and oxygen atoms in total. The van der Waals surface area contributed by atoms with Crippen molar-refractivity contribution in [2.24, 2.45) is 0 Å². The zero-order chi connectivity index (χ0) is 13.8. The lowest BCUT2D eigenvalue weighted by Crippen LogP contribution is -1.72. The third kappa shape index (κ3) is 0.637. The molecule has 0 unspecified atom stereocenters. The molecule has 0 saturated carbocycles. The van der Waals surface area contributed by atoms with E-state index in [4.69, 9.17) is 11.0 Å². The molecule has 50 valence electrons. The van der Waals surface area contributed by atoms with Crippen molar-refractivity contribution in [3.8, 4) is 0 Å². The maximum absolute atomic E-state index is 7.67. The van der Waals surface area contributed by atoms with E-state index in [1.807, 2.05) is 0 Å². The molecular weight excluding hydrogens is 122 g/mol. The van der Waals surface area contributed by atoms with Gasteiger partial charge in [-0.15, -0.1) is 0 Å². The minimum Gasteiger partial charge on any atom is -0.361 e. The van der Waals surface area contributed by atoms with Crippen molar-refractivity contribution < 1.29 is 11.0 Å². The molecule has 0 fully saturated rings. The summed E-state index contributed by atoms with van der Waals surface area (Å²) in [6.45, 7) is -2.64. The van der Waals surface area contributed by atoms with E-state index in [2.05, 4.69) is 4.98 Å². The maximum atomic E-state index is 7.67. The van der Waals surface area contributed by atoms with Gasteiger partial charge in [0.1, 0.15) is 0 Å². The zero-order valence-electron chi connectivity index (χ0n) is 13.0. The molecule has 0 aliphatic carbocycles. The summed E-state index contributed by atoms with van der Waals surface area (Å²) in [7, 11) is 0. The fraction of sp³-hybridized carbons (Fsp3) is 0.111. The highest BCUT2D eigenvalue weighted by molar-refractivity contribution is 5.82. The van der Waals surface area contributed by atoms with Crippen LogP contribution in [0.4, 0.5) is 0 Å². The van der Waals surface area contributed by atoms with E-state index in [1.54, 1.807) is 0 Å². The Morgan fingerprint density at radius 3 is 3.40 bits per heavy atom. The first-order chi connectivity index (χ1) is 8.16. The van der Waals surface area contributed by atoms with Crippen molar-refractivity contribution in [1.82, 2.24) is 4.98 Å². The van der Waals surface area contributed by atoms with E-state index < -0.39 is 30.5 Å². The van der Waals surface area contributed by atoms with E-state index in [0.717, 1.165) is 0 Å². The molecule has 1 aromatic carbocycles. The summed E-state index contributed by atoms with van der Waals surface area (Å²) >= 11 is 0. The molecular formula is C9H9N. The van der Waals surface area contributed by atoms with Gasteiger partial charge in [-0.2, -0.15) is 0 Å². The highest BCUT2D eigenvalue weighted by Gasteiger charge is 1.93. The molecule has 1 heteroatoms. The quantitative estimate of drug-likeness (QED) is 0.577. The lowest BCUT2D eigenvalue weighted by Gasteiger charge is -1.92. The maximum Gasteiger partial charge on any atom is 0.0816 e. The molecule has 0 amide bonds. The first-order valence-electron chi connectivity index (χ1n) is 6.75. The van der Waals surface area contributed by atoms with Crippen molar-refractivity contribution in [3.63, 3.8) is 0 Å². The smallest absolute Gasteiger partial charge is 0.0816 e. The SMILES string of the molecule is [2H]c1[nH]c2c(C([2H])([2H])[2H])c([2H])c([2H])c([2H])c2c1[2H]. The van der Waals surface area contributed by atoms with Crippen LogP contribution >= 0.6 is 0 Å². The number of aromatic nitrogens is 1. The van der Waals surface area contributed by atoms with Crippen LogP contribution in [0.25, 0.3) is 10.9 Å². The van der Waals surface area contributed by atoms with Crippen LogP contribution in [0.15, 0.2) is 30.3 Å². The van der Waals surface area contributed by atoms with Crippen LogP contribution in [0.1, 0.15) is 16.5 Å². The van der Waals surface area contributed by atoms with Crippen molar-refractivity contribution >= 4 is 10.9 Å². The molecule has 0 bridgehead atoms. The van der Waals surface area contributed by atoms with Crippen LogP contribution in [0, 0.1) is 6.85 Å². The van der Waals surface area contributed by atoms with Gasteiger partial charge >= 0.3 is 0 Å². The number of hydrogen-bond acceptors (Lipinski definition) is 0. The first kappa shape index (κ1) is 1.67. The number of para-hydroxylation sites is 1.